The zero-order chi connectivity index (χ0) is 14.3. The summed E-state index contributed by atoms with van der Waals surface area (Å²) in [6.07, 6.45) is 1.76. The molecule has 1 atom stereocenters. The van der Waals surface area contributed by atoms with Gasteiger partial charge in [0.05, 0.1) is 13.2 Å². The highest BCUT2D eigenvalue weighted by Gasteiger charge is 2.12. The Kier molecular flexibility index (Phi) is 6.43. The molecule has 0 saturated heterocycles. The zero-order valence-electron chi connectivity index (χ0n) is 12.2. The topological polar surface area (TPSA) is 44.5 Å². The van der Waals surface area contributed by atoms with Crippen LogP contribution in [0, 0.1) is 0 Å². The predicted octanol–water partition coefficient (Wildman–Crippen LogP) is 3.84. The fourth-order valence-corrected chi connectivity index (χ4v) is 1.87. The summed E-state index contributed by atoms with van der Waals surface area (Å²) < 4.78 is 11.2. The van der Waals surface area contributed by atoms with Crippen molar-refractivity contribution in [2.75, 3.05) is 13.2 Å². The van der Waals surface area contributed by atoms with E-state index in [0.717, 1.165) is 29.9 Å². The molecule has 0 aromatic heterocycles. The first-order valence-corrected chi connectivity index (χ1v) is 6.94. The highest BCUT2D eigenvalue weighted by atomic mass is 16.5. The molecule has 3 nitrogen and oxygen atoms in total. The van der Waals surface area contributed by atoms with Crippen molar-refractivity contribution in [3.8, 4) is 11.5 Å². The van der Waals surface area contributed by atoms with Gasteiger partial charge in [-0.25, -0.2) is 0 Å². The van der Waals surface area contributed by atoms with Gasteiger partial charge in [-0.15, -0.1) is 0 Å². The number of rotatable bonds is 8. The molecule has 0 spiro atoms. The van der Waals surface area contributed by atoms with Gasteiger partial charge in [-0.2, -0.15) is 0 Å². The van der Waals surface area contributed by atoms with Crippen LogP contribution in [0.5, 0.6) is 11.5 Å². The molecule has 0 aliphatic carbocycles. The maximum Gasteiger partial charge on any atom is 0.161 e. The van der Waals surface area contributed by atoms with Crippen LogP contribution in [0.25, 0.3) is 0 Å². The number of hydrogen-bond donors (Lipinski definition) is 1. The van der Waals surface area contributed by atoms with Gasteiger partial charge in [-0.3, -0.25) is 0 Å². The Bertz CT molecular complexity index is 415. The van der Waals surface area contributed by atoms with Gasteiger partial charge in [0, 0.05) is 6.04 Å². The molecule has 106 valence electrons. The molecule has 0 heterocycles. The minimum atomic E-state index is -0.0395. The third-order valence-corrected chi connectivity index (χ3v) is 3.00. The molecule has 0 bridgehead atoms. The second kappa shape index (κ2) is 7.85. The summed E-state index contributed by atoms with van der Waals surface area (Å²) in [6.45, 7) is 11.3. The van der Waals surface area contributed by atoms with E-state index in [0.29, 0.717) is 13.2 Å². The summed E-state index contributed by atoms with van der Waals surface area (Å²) >= 11 is 0. The van der Waals surface area contributed by atoms with Gasteiger partial charge in [0.2, 0.25) is 0 Å². The molecule has 0 radical (unpaired) electrons. The summed E-state index contributed by atoms with van der Waals surface area (Å²) in [5.41, 5.74) is 8.43. The molecule has 0 saturated carbocycles. The average molecular weight is 263 g/mol. The highest BCUT2D eigenvalue weighted by Crippen LogP contribution is 2.31. The summed E-state index contributed by atoms with van der Waals surface area (Å²) in [7, 11) is 0. The van der Waals surface area contributed by atoms with E-state index in [2.05, 4.69) is 13.5 Å². The van der Waals surface area contributed by atoms with Gasteiger partial charge in [0.1, 0.15) is 0 Å². The zero-order valence-corrected chi connectivity index (χ0v) is 12.2. The maximum atomic E-state index is 6.20. The lowest BCUT2D eigenvalue weighted by atomic mass is 9.99. The molecule has 1 rings (SSSR count). The fraction of sp³-hybridized carbons (Fsp3) is 0.500. The Balaban J connectivity index is 2.90. The monoisotopic (exact) mass is 263 g/mol. The third kappa shape index (κ3) is 4.60. The van der Waals surface area contributed by atoms with Crippen LogP contribution in [0.4, 0.5) is 0 Å². The van der Waals surface area contributed by atoms with E-state index >= 15 is 0 Å². The third-order valence-electron chi connectivity index (χ3n) is 3.00. The van der Waals surface area contributed by atoms with Crippen LogP contribution in [-0.2, 0) is 0 Å². The van der Waals surface area contributed by atoms with Crippen LogP contribution in [0.3, 0.4) is 0 Å². The molecule has 0 amide bonds. The molecule has 1 aromatic carbocycles. The Labute approximate surface area is 116 Å². The molecule has 0 aliphatic rings. The predicted molar refractivity (Wildman–Crippen MR) is 79.8 cm³/mol. The lowest BCUT2D eigenvalue weighted by molar-refractivity contribution is 0.287. The van der Waals surface area contributed by atoms with Gasteiger partial charge < -0.3 is 15.2 Å². The smallest absolute Gasteiger partial charge is 0.161 e. The Morgan fingerprint density at radius 2 is 1.79 bits per heavy atom. The van der Waals surface area contributed by atoms with Gasteiger partial charge in [0.15, 0.2) is 11.5 Å². The number of benzene rings is 1. The van der Waals surface area contributed by atoms with Gasteiger partial charge in [-0.05, 0) is 44.4 Å². The molecule has 3 heteroatoms. The van der Waals surface area contributed by atoms with Crippen LogP contribution >= 0.6 is 0 Å². The van der Waals surface area contributed by atoms with Crippen molar-refractivity contribution in [2.45, 2.75) is 39.7 Å². The van der Waals surface area contributed by atoms with Gasteiger partial charge in [0.25, 0.3) is 0 Å². The summed E-state index contributed by atoms with van der Waals surface area (Å²) in [6, 6.07) is 5.86. The fourth-order valence-electron chi connectivity index (χ4n) is 1.87. The van der Waals surface area contributed by atoms with Crippen molar-refractivity contribution in [3.63, 3.8) is 0 Å². The van der Waals surface area contributed by atoms with E-state index in [1.165, 1.54) is 5.57 Å². The van der Waals surface area contributed by atoms with E-state index in [1.807, 2.05) is 32.0 Å². The Morgan fingerprint density at radius 1 is 1.16 bits per heavy atom. The lowest BCUT2D eigenvalue weighted by Gasteiger charge is -2.16. The second-order valence-electron chi connectivity index (χ2n) is 4.49. The Morgan fingerprint density at radius 3 is 2.37 bits per heavy atom. The van der Waals surface area contributed by atoms with E-state index in [4.69, 9.17) is 15.2 Å². The van der Waals surface area contributed by atoms with E-state index in [-0.39, 0.29) is 6.04 Å². The van der Waals surface area contributed by atoms with E-state index < -0.39 is 0 Å². The normalized spacial score (nSPS) is 12.0. The highest BCUT2D eigenvalue weighted by molar-refractivity contribution is 5.44. The quantitative estimate of drug-likeness (QED) is 0.725. The molecule has 2 N–H and O–H groups in total. The maximum absolute atomic E-state index is 6.20. The molecule has 0 aliphatic heterocycles. The van der Waals surface area contributed by atoms with Crippen molar-refractivity contribution < 1.29 is 9.47 Å². The van der Waals surface area contributed by atoms with Crippen molar-refractivity contribution in [2.24, 2.45) is 5.73 Å². The largest absolute Gasteiger partial charge is 0.490 e. The van der Waals surface area contributed by atoms with Gasteiger partial charge >= 0.3 is 0 Å². The van der Waals surface area contributed by atoms with E-state index in [1.54, 1.807) is 0 Å². The number of ether oxygens (including phenoxy) is 2. The molecular weight excluding hydrogens is 238 g/mol. The first-order valence-electron chi connectivity index (χ1n) is 6.94. The van der Waals surface area contributed by atoms with Crippen molar-refractivity contribution >= 4 is 0 Å². The summed E-state index contributed by atoms with van der Waals surface area (Å²) in [5, 5.41) is 0. The molecule has 0 fully saturated rings. The van der Waals surface area contributed by atoms with E-state index in [9.17, 15) is 0 Å². The van der Waals surface area contributed by atoms with Crippen LogP contribution in [-0.4, -0.2) is 13.2 Å². The summed E-state index contributed by atoms with van der Waals surface area (Å²) in [4.78, 5) is 0. The summed E-state index contributed by atoms with van der Waals surface area (Å²) in [5.74, 6) is 1.54. The number of hydrogen-bond acceptors (Lipinski definition) is 3. The standard InChI is InChI=1S/C16H25NO2/c1-5-12(4)10-14(17)13-8-9-15(18-6-2)16(11-13)19-7-3/h8-9,11,14H,4-7,10,17H2,1-3H3. The van der Waals surface area contributed by atoms with Gasteiger partial charge in [-0.1, -0.05) is 25.1 Å². The van der Waals surface area contributed by atoms with Crippen LogP contribution in [0.15, 0.2) is 30.4 Å². The number of nitrogens with two attached hydrogens (primary N) is 1. The van der Waals surface area contributed by atoms with Crippen molar-refractivity contribution in [1.29, 1.82) is 0 Å². The lowest BCUT2D eigenvalue weighted by Crippen LogP contribution is -2.11. The Hall–Kier alpha value is -1.48. The van der Waals surface area contributed by atoms with Crippen LogP contribution < -0.4 is 15.2 Å². The first kappa shape index (κ1) is 15.6. The molecule has 19 heavy (non-hydrogen) atoms. The minimum absolute atomic E-state index is 0.0395. The second-order valence-corrected chi connectivity index (χ2v) is 4.49. The van der Waals surface area contributed by atoms with Crippen LogP contribution in [0.1, 0.15) is 45.2 Å². The van der Waals surface area contributed by atoms with Crippen molar-refractivity contribution in [1.82, 2.24) is 0 Å². The van der Waals surface area contributed by atoms with Crippen LogP contribution in [0.2, 0.25) is 0 Å². The molecule has 1 aromatic rings. The minimum Gasteiger partial charge on any atom is -0.490 e. The van der Waals surface area contributed by atoms with Crippen molar-refractivity contribution in [3.05, 3.63) is 35.9 Å². The average Bonchev–Trinajstić information content (AvgIpc) is 2.41. The molecular formula is C16H25NO2. The SMILES string of the molecule is C=C(CC)CC(N)c1ccc(OCC)c(OCC)c1. The molecule has 1 unspecified atom stereocenters. The first-order chi connectivity index (χ1) is 9.12.